The molecular formula is C10H17N5OS. The Morgan fingerprint density at radius 3 is 2.88 bits per heavy atom. The van der Waals surface area contributed by atoms with Crippen molar-refractivity contribution in [2.75, 3.05) is 5.75 Å². The molecule has 7 heteroatoms. The molecule has 0 aliphatic heterocycles. The quantitative estimate of drug-likeness (QED) is 0.573. The van der Waals surface area contributed by atoms with Gasteiger partial charge >= 0.3 is 5.69 Å². The number of thioether (sulfide) groups is 1. The number of nitrogens with two attached hydrogens (primary N) is 1. The lowest BCUT2D eigenvalue weighted by atomic mass is 9.94. The summed E-state index contributed by atoms with van der Waals surface area (Å²) in [5.74, 6) is 0.790. The lowest BCUT2D eigenvalue weighted by molar-refractivity contribution is 0.478. The van der Waals surface area contributed by atoms with Gasteiger partial charge in [0.1, 0.15) is 5.54 Å². The van der Waals surface area contributed by atoms with Crippen LogP contribution in [0.3, 0.4) is 0 Å². The summed E-state index contributed by atoms with van der Waals surface area (Å²) in [6, 6.07) is 2.13. The summed E-state index contributed by atoms with van der Waals surface area (Å²) in [4.78, 5) is 11.1. The molecule has 94 valence electrons. The smallest absolute Gasteiger partial charge is 0.313 e. The molecule has 0 saturated heterocycles. The Balaban J connectivity index is 2.37. The average Bonchev–Trinajstić information content (AvgIpc) is 2.66. The molecule has 0 aromatic carbocycles. The number of H-pyrrole nitrogens is 1. The number of hydrogen-bond acceptors (Lipinski definition) is 5. The minimum Gasteiger partial charge on any atom is -0.313 e. The molecule has 1 aromatic rings. The van der Waals surface area contributed by atoms with Gasteiger partial charge in [-0.05, 0) is 19.3 Å². The van der Waals surface area contributed by atoms with E-state index < -0.39 is 5.54 Å². The van der Waals surface area contributed by atoms with Gasteiger partial charge in [0, 0.05) is 12.8 Å². The lowest BCUT2D eigenvalue weighted by Gasteiger charge is -2.18. The maximum atomic E-state index is 11.1. The molecule has 0 aliphatic rings. The van der Waals surface area contributed by atoms with Crippen molar-refractivity contribution in [3.05, 3.63) is 10.5 Å². The molecule has 0 radical (unpaired) electrons. The Labute approximate surface area is 104 Å². The van der Waals surface area contributed by atoms with Crippen molar-refractivity contribution in [1.82, 2.24) is 14.8 Å². The Morgan fingerprint density at radius 1 is 1.71 bits per heavy atom. The minimum absolute atomic E-state index is 0.216. The van der Waals surface area contributed by atoms with Crippen molar-refractivity contribution in [2.24, 2.45) is 12.8 Å². The number of nitrogens with zero attached hydrogens (tertiary/aromatic N) is 3. The highest BCUT2D eigenvalue weighted by molar-refractivity contribution is 7.99. The largest absolute Gasteiger partial charge is 0.343 e. The van der Waals surface area contributed by atoms with Crippen LogP contribution in [0.1, 0.15) is 26.2 Å². The van der Waals surface area contributed by atoms with Crippen LogP contribution in [0.25, 0.3) is 0 Å². The normalized spacial score (nSPS) is 14.2. The average molecular weight is 255 g/mol. The molecule has 1 unspecified atom stereocenters. The van der Waals surface area contributed by atoms with E-state index in [2.05, 4.69) is 16.3 Å². The third-order valence-corrected chi connectivity index (χ3v) is 3.81. The zero-order valence-corrected chi connectivity index (χ0v) is 10.9. The highest BCUT2D eigenvalue weighted by Gasteiger charge is 2.21. The Bertz CT molecular complexity index is 460. The Kier molecular flexibility index (Phi) is 4.78. The molecule has 1 aromatic heterocycles. The third-order valence-electron chi connectivity index (χ3n) is 2.69. The molecule has 1 atom stereocenters. The highest BCUT2D eigenvalue weighted by Crippen LogP contribution is 2.18. The lowest BCUT2D eigenvalue weighted by Crippen LogP contribution is -2.37. The fraction of sp³-hybridized carbons (Fsp3) is 0.700. The second-order valence-electron chi connectivity index (χ2n) is 3.94. The zero-order chi connectivity index (χ0) is 12.9. The summed E-state index contributed by atoms with van der Waals surface area (Å²) in [5, 5.41) is 15.8. The third kappa shape index (κ3) is 3.61. The molecule has 0 aliphatic carbocycles. The molecule has 0 saturated carbocycles. The van der Waals surface area contributed by atoms with E-state index >= 15 is 0 Å². The number of nitriles is 1. The summed E-state index contributed by atoms with van der Waals surface area (Å²) in [6.07, 6.45) is 2.13. The summed E-state index contributed by atoms with van der Waals surface area (Å²) in [5.41, 5.74) is 4.92. The summed E-state index contributed by atoms with van der Waals surface area (Å²) < 4.78 is 1.46. The van der Waals surface area contributed by atoms with Gasteiger partial charge in [0.25, 0.3) is 0 Å². The fourth-order valence-electron chi connectivity index (χ4n) is 1.32. The Hall–Kier alpha value is -1.26. The summed E-state index contributed by atoms with van der Waals surface area (Å²) in [6.45, 7) is 1.91. The van der Waals surface area contributed by atoms with Gasteiger partial charge in [-0.25, -0.2) is 9.89 Å². The number of hydrogen-bond donors (Lipinski definition) is 2. The zero-order valence-electron chi connectivity index (χ0n) is 10.1. The molecule has 1 rings (SSSR count). The van der Waals surface area contributed by atoms with Crippen LogP contribution >= 0.6 is 11.8 Å². The van der Waals surface area contributed by atoms with Crippen molar-refractivity contribution >= 4 is 11.8 Å². The standard InChI is InChI=1S/C10H17N5OS/c1-3-10(12,7-11)5-4-6-17-9-14-13-8(16)15(9)2/h3-6,12H2,1-2H3,(H,13,16). The first-order valence-electron chi connectivity index (χ1n) is 5.47. The molecule has 6 nitrogen and oxygen atoms in total. The topological polar surface area (TPSA) is 100 Å². The van der Waals surface area contributed by atoms with Crippen LogP contribution in [0.5, 0.6) is 0 Å². The molecule has 0 bridgehead atoms. The first-order chi connectivity index (χ1) is 8.02. The maximum Gasteiger partial charge on any atom is 0.343 e. The van der Waals surface area contributed by atoms with Gasteiger partial charge < -0.3 is 5.73 Å². The first kappa shape index (κ1) is 13.8. The van der Waals surface area contributed by atoms with Crippen molar-refractivity contribution in [3.8, 4) is 6.07 Å². The van der Waals surface area contributed by atoms with Gasteiger partial charge in [-0.2, -0.15) is 5.26 Å². The van der Waals surface area contributed by atoms with Crippen LogP contribution in [0, 0.1) is 11.3 Å². The fourth-order valence-corrected chi connectivity index (χ4v) is 2.18. The number of rotatable bonds is 6. The second-order valence-corrected chi connectivity index (χ2v) is 5.01. The monoisotopic (exact) mass is 255 g/mol. The SMILES string of the molecule is CCC(N)(C#N)CCCSc1n[nH]c(=O)n1C. The molecule has 0 fully saturated rings. The Morgan fingerprint density at radius 2 is 2.41 bits per heavy atom. The molecule has 0 amide bonds. The van der Waals surface area contributed by atoms with Gasteiger partial charge in [0.2, 0.25) is 0 Å². The predicted octanol–water partition coefficient (Wildman–Crippen LogP) is 0.612. The van der Waals surface area contributed by atoms with Crippen LogP contribution in [0.2, 0.25) is 0 Å². The summed E-state index contributed by atoms with van der Waals surface area (Å²) >= 11 is 1.49. The molecule has 1 heterocycles. The maximum absolute atomic E-state index is 11.1. The second kappa shape index (κ2) is 5.89. The van der Waals surface area contributed by atoms with Gasteiger partial charge in [0.05, 0.1) is 6.07 Å². The molecule has 0 spiro atoms. The number of nitrogens with one attached hydrogen (secondary N) is 1. The number of aromatic amines is 1. The van der Waals surface area contributed by atoms with Gasteiger partial charge in [-0.3, -0.25) is 4.57 Å². The van der Waals surface area contributed by atoms with E-state index in [-0.39, 0.29) is 5.69 Å². The first-order valence-corrected chi connectivity index (χ1v) is 6.45. The van der Waals surface area contributed by atoms with E-state index in [9.17, 15) is 4.79 Å². The molecular weight excluding hydrogens is 238 g/mol. The molecule has 3 N–H and O–H groups in total. The van der Waals surface area contributed by atoms with Crippen molar-refractivity contribution in [3.63, 3.8) is 0 Å². The van der Waals surface area contributed by atoms with Crippen LogP contribution < -0.4 is 11.4 Å². The van der Waals surface area contributed by atoms with Gasteiger partial charge in [-0.1, -0.05) is 18.7 Å². The van der Waals surface area contributed by atoms with Gasteiger partial charge in [0.15, 0.2) is 5.16 Å². The van der Waals surface area contributed by atoms with Crippen LogP contribution in [-0.2, 0) is 7.05 Å². The predicted molar refractivity (Wildman–Crippen MR) is 66.6 cm³/mol. The van der Waals surface area contributed by atoms with E-state index in [0.717, 1.165) is 12.2 Å². The van der Waals surface area contributed by atoms with Crippen molar-refractivity contribution in [1.29, 1.82) is 5.26 Å². The van der Waals surface area contributed by atoms with E-state index in [1.54, 1.807) is 7.05 Å². The number of aromatic nitrogens is 3. The van der Waals surface area contributed by atoms with E-state index in [1.807, 2.05) is 6.92 Å². The summed E-state index contributed by atoms with van der Waals surface area (Å²) in [7, 11) is 1.67. The van der Waals surface area contributed by atoms with E-state index in [0.29, 0.717) is 18.0 Å². The van der Waals surface area contributed by atoms with Crippen LogP contribution in [0.15, 0.2) is 9.95 Å². The molecule has 17 heavy (non-hydrogen) atoms. The highest BCUT2D eigenvalue weighted by atomic mass is 32.2. The van der Waals surface area contributed by atoms with Crippen molar-refractivity contribution < 1.29 is 0 Å². The van der Waals surface area contributed by atoms with Crippen LogP contribution in [0.4, 0.5) is 0 Å². The minimum atomic E-state index is -0.724. The van der Waals surface area contributed by atoms with Crippen molar-refractivity contribution in [2.45, 2.75) is 36.9 Å². The van der Waals surface area contributed by atoms with E-state index in [1.165, 1.54) is 16.3 Å². The van der Waals surface area contributed by atoms with Gasteiger partial charge in [-0.15, -0.1) is 5.10 Å². The van der Waals surface area contributed by atoms with Crippen LogP contribution in [-0.4, -0.2) is 26.1 Å². The van der Waals surface area contributed by atoms with E-state index in [4.69, 9.17) is 11.0 Å².